The molecule has 90 valence electrons. The smallest absolute Gasteiger partial charge is 0.161 e. The fraction of sp³-hybridized carbons (Fsp3) is 0.385. The highest BCUT2D eigenvalue weighted by atomic mass is 16.1. The van der Waals surface area contributed by atoms with Crippen LogP contribution in [0.3, 0.4) is 0 Å². The van der Waals surface area contributed by atoms with E-state index in [2.05, 4.69) is 16.3 Å². The minimum Gasteiger partial charge on any atom is -0.383 e. The molecule has 0 fully saturated rings. The van der Waals surface area contributed by atoms with E-state index in [0.717, 1.165) is 18.8 Å². The topological polar surface area (TPSA) is 56.1 Å². The van der Waals surface area contributed by atoms with Crippen molar-refractivity contribution in [2.24, 2.45) is 0 Å². The molecule has 0 aliphatic carbocycles. The van der Waals surface area contributed by atoms with E-state index in [1.165, 1.54) is 6.92 Å². The van der Waals surface area contributed by atoms with Gasteiger partial charge in [0.15, 0.2) is 5.78 Å². The summed E-state index contributed by atoms with van der Waals surface area (Å²) in [5.74, 6) is 0.00171. The van der Waals surface area contributed by atoms with Crippen molar-refractivity contribution >= 4 is 11.5 Å². The number of ketones is 1. The number of nitrogens with zero attached hydrogens (tertiary/aromatic N) is 2. The first-order valence-electron chi connectivity index (χ1n) is 5.48. The number of Topliss-reactive ketones (excluding diaryl/α,β-unsaturated/α-hetero) is 1. The van der Waals surface area contributed by atoms with E-state index in [-0.39, 0.29) is 5.78 Å². The van der Waals surface area contributed by atoms with E-state index in [0.29, 0.717) is 11.1 Å². The number of benzene rings is 1. The van der Waals surface area contributed by atoms with Crippen molar-refractivity contribution < 1.29 is 4.79 Å². The number of rotatable bonds is 5. The summed E-state index contributed by atoms with van der Waals surface area (Å²) >= 11 is 0. The lowest BCUT2D eigenvalue weighted by Gasteiger charge is -2.13. The summed E-state index contributed by atoms with van der Waals surface area (Å²) in [5, 5.41) is 12.0. The molecule has 0 heterocycles. The Labute approximate surface area is 102 Å². The first-order chi connectivity index (χ1) is 8.04. The second-order valence-corrected chi connectivity index (χ2v) is 4.16. The van der Waals surface area contributed by atoms with Crippen LogP contribution >= 0.6 is 0 Å². The molecule has 0 unspecified atom stereocenters. The molecule has 17 heavy (non-hydrogen) atoms. The minimum absolute atomic E-state index is 0.00171. The normalized spacial score (nSPS) is 10.1. The summed E-state index contributed by atoms with van der Waals surface area (Å²) < 4.78 is 0. The quantitative estimate of drug-likeness (QED) is 0.784. The monoisotopic (exact) mass is 231 g/mol. The van der Waals surface area contributed by atoms with Crippen LogP contribution in [-0.4, -0.2) is 37.9 Å². The number of carbonyl (C=O) groups is 1. The Morgan fingerprint density at radius 2 is 2.18 bits per heavy atom. The van der Waals surface area contributed by atoms with Crippen molar-refractivity contribution in [1.29, 1.82) is 5.26 Å². The zero-order valence-corrected chi connectivity index (χ0v) is 10.4. The van der Waals surface area contributed by atoms with Crippen LogP contribution in [0.5, 0.6) is 0 Å². The second kappa shape index (κ2) is 6.02. The number of nitriles is 1. The van der Waals surface area contributed by atoms with Gasteiger partial charge in [0.05, 0.1) is 11.6 Å². The number of anilines is 1. The van der Waals surface area contributed by atoms with Crippen LogP contribution in [0.4, 0.5) is 5.69 Å². The SMILES string of the molecule is CC(=O)c1ccc(C#N)cc1NCCN(C)C. The average molecular weight is 231 g/mol. The van der Waals surface area contributed by atoms with Gasteiger partial charge in [0.2, 0.25) is 0 Å². The Balaban J connectivity index is 2.86. The summed E-state index contributed by atoms with van der Waals surface area (Å²) in [5.41, 5.74) is 1.92. The Morgan fingerprint density at radius 3 is 2.71 bits per heavy atom. The van der Waals surface area contributed by atoms with Crippen LogP contribution in [0.1, 0.15) is 22.8 Å². The van der Waals surface area contributed by atoms with Gasteiger partial charge in [0.1, 0.15) is 0 Å². The number of hydrogen-bond acceptors (Lipinski definition) is 4. The van der Waals surface area contributed by atoms with Gasteiger partial charge in [-0.15, -0.1) is 0 Å². The third-order valence-electron chi connectivity index (χ3n) is 2.40. The third kappa shape index (κ3) is 3.89. The number of carbonyl (C=O) groups excluding carboxylic acids is 1. The van der Waals surface area contributed by atoms with Gasteiger partial charge in [-0.05, 0) is 39.2 Å². The van der Waals surface area contributed by atoms with Crippen LogP contribution in [0.15, 0.2) is 18.2 Å². The molecule has 0 saturated heterocycles. The Kier molecular flexibility index (Phi) is 4.68. The van der Waals surface area contributed by atoms with Crippen LogP contribution in [0.2, 0.25) is 0 Å². The molecule has 0 atom stereocenters. The van der Waals surface area contributed by atoms with Crippen molar-refractivity contribution in [2.75, 3.05) is 32.5 Å². The fourth-order valence-corrected chi connectivity index (χ4v) is 1.48. The van der Waals surface area contributed by atoms with E-state index in [1.807, 2.05) is 14.1 Å². The molecule has 4 heteroatoms. The van der Waals surface area contributed by atoms with Gasteiger partial charge >= 0.3 is 0 Å². The Morgan fingerprint density at radius 1 is 1.47 bits per heavy atom. The summed E-state index contributed by atoms with van der Waals surface area (Å²) in [7, 11) is 3.97. The summed E-state index contributed by atoms with van der Waals surface area (Å²) in [6, 6.07) is 7.14. The Bertz CT molecular complexity index is 446. The molecule has 0 radical (unpaired) electrons. The summed E-state index contributed by atoms with van der Waals surface area (Å²) in [6.07, 6.45) is 0. The molecular weight excluding hydrogens is 214 g/mol. The van der Waals surface area contributed by atoms with Crippen molar-refractivity contribution in [3.8, 4) is 6.07 Å². The molecule has 0 saturated carbocycles. The van der Waals surface area contributed by atoms with Crippen molar-refractivity contribution in [3.63, 3.8) is 0 Å². The van der Waals surface area contributed by atoms with Gasteiger partial charge in [-0.1, -0.05) is 0 Å². The van der Waals surface area contributed by atoms with E-state index < -0.39 is 0 Å². The van der Waals surface area contributed by atoms with E-state index in [4.69, 9.17) is 5.26 Å². The van der Waals surface area contributed by atoms with Crippen molar-refractivity contribution in [2.45, 2.75) is 6.92 Å². The van der Waals surface area contributed by atoms with Gasteiger partial charge in [-0.2, -0.15) is 5.26 Å². The highest BCUT2D eigenvalue weighted by molar-refractivity contribution is 5.99. The van der Waals surface area contributed by atoms with Crippen LogP contribution < -0.4 is 5.32 Å². The maximum Gasteiger partial charge on any atom is 0.161 e. The molecule has 0 bridgehead atoms. The van der Waals surface area contributed by atoms with Gasteiger partial charge in [-0.3, -0.25) is 4.79 Å². The maximum atomic E-state index is 11.4. The second-order valence-electron chi connectivity index (χ2n) is 4.16. The molecule has 1 aromatic rings. The molecule has 0 aromatic heterocycles. The predicted molar refractivity (Wildman–Crippen MR) is 68.2 cm³/mol. The van der Waals surface area contributed by atoms with E-state index >= 15 is 0 Å². The molecule has 0 amide bonds. The van der Waals surface area contributed by atoms with Gasteiger partial charge in [0, 0.05) is 24.3 Å². The zero-order valence-electron chi connectivity index (χ0n) is 10.4. The fourth-order valence-electron chi connectivity index (χ4n) is 1.48. The van der Waals surface area contributed by atoms with Gasteiger partial charge in [0.25, 0.3) is 0 Å². The van der Waals surface area contributed by atoms with Crippen LogP contribution in [0, 0.1) is 11.3 Å². The molecule has 1 N–H and O–H groups in total. The van der Waals surface area contributed by atoms with E-state index in [1.54, 1.807) is 18.2 Å². The van der Waals surface area contributed by atoms with Crippen molar-refractivity contribution in [3.05, 3.63) is 29.3 Å². The average Bonchev–Trinajstić information content (AvgIpc) is 2.28. The lowest BCUT2D eigenvalue weighted by molar-refractivity contribution is 0.101. The highest BCUT2D eigenvalue weighted by Gasteiger charge is 2.07. The summed E-state index contributed by atoms with van der Waals surface area (Å²) in [6.45, 7) is 3.13. The standard InChI is InChI=1S/C13H17N3O/c1-10(17)12-5-4-11(9-14)8-13(12)15-6-7-16(2)3/h4-5,8,15H,6-7H2,1-3H3. The summed E-state index contributed by atoms with van der Waals surface area (Å²) in [4.78, 5) is 13.5. The van der Waals surface area contributed by atoms with Crippen LogP contribution in [-0.2, 0) is 0 Å². The Hall–Kier alpha value is -1.86. The number of likely N-dealkylation sites (N-methyl/N-ethyl adjacent to an activating group) is 1. The molecular formula is C13H17N3O. The minimum atomic E-state index is 0.00171. The third-order valence-corrected chi connectivity index (χ3v) is 2.40. The first-order valence-corrected chi connectivity index (χ1v) is 5.48. The lowest BCUT2D eigenvalue weighted by Crippen LogP contribution is -2.21. The largest absolute Gasteiger partial charge is 0.383 e. The molecule has 0 spiro atoms. The maximum absolute atomic E-state index is 11.4. The lowest BCUT2D eigenvalue weighted by atomic mass is 10.1. The molecule has 0 aliphatic heterocycles. The predicted octanol–water partition coefficient (Wildman–Crippen LogP) is 1.73. The van der Waals surface area contributed by atoms with Crippen molar-refractivity contribution in [1.82, 2.24) is 4.90 Å². The first kappa shape index (κ1) is 13.2. The van der Waals surface area contributed by atoms with E-state index in [9.17, 15) is 4.79 Å². The van der Waals surface area contributed by atoms with Gasteiger partial charge in [-0.25, -0.2) is 0 Å². The molecule has 1 rings (SSSR count). The zero-order chi connectivity index (χ0) is 12.8. The molecule has 0 aliphatic rings. The molecule has 1 aromatic carbocycles. The van der Waals surface area contributed by atoms with Crippen LogP contribution in [0.25, 0.3) is 0 Å². The number of nitrogens with one attached hydrogen (secondary N) is 1. The number of hydrogen-bond donors (Lipinski definition) is 1. The van der Waals surface area contributed by atoms with Gasteiger partial charge < -0.3 is 10.2 Å². The highest BCUT2D eigenvalue weighted by Crippen LogP contribution is 2.18. The molecule has 4 nitrogen and oxygen atoms in total.